The highest BCUT2D eigenvalue weighted by atomic mass is 15.1. The first-order valence-electron chi connectivity index (χ1n) is 19.1. The average molecular weight is 696 g/mol. The summed E-state index contributed by atoms with van der Waals surface area (Å²) in [5.41, 5.74) is 17.5. The molecule has 54 heavy (non-hydrogen) atoms. The van der Waals surface area contributed by atoms with Crippen molar-refractivity contribution in [1.29, 1.82) is 0 Å². The summed E-state index contributed by atoms with van der Waals surface area (Å²) in [6, 6.07) is 67.2. The Morgan fingerprint density at radius 2 is 1.00 bits per heavy atom. The van der Waals surface area contributed by atoms with Crippen molar-refractivity contribution in [1.82, 2.24) is 0 Å². The van der Waals surface area contributed by atoms with Crippen molar-refractivity contribution in [2.45, 2.75) is 45.4 Å². The molecule has 0 atom stereocenters. The molecule has 0 aliphatic heterocycles. The lowest BCUT2D eigenvalue weighted by molar-refractivity contribution is 0.590. The van der Waals surface area contributed by atoms with Crippen LogP contribution in [0.5, 0.6) is 0 Å². The van der Waals surface area contributed by atoms with Gasteiger partial charge >= 0.3 is 0 Å². The van der Waals surface area contributed by atoms with Gasteiger partial charge in [-0.2, -0.15) is 0 Å². The van der Waals surface area contributed by atoms with Gasteiger partial charge in [0.15, 0.2) is 0 Å². The normalized spacial score (nSPS) is 13.1. The highest BCUT2D eigenvalue weighted by molar-refractivity contribution is 6.08. The number of nitrogens with zero attached hydrogens (tertiary/aromatic N) is 1. The zero-order valence-corrected chi connectivity index (χ0v) is 31.8. The smallest absolute Gasteiger partial charge is 0.0540 e. The number of fused-ring (bicyclic) bond motifs is 4. The zero-order chi connectivity index (χ0) is 37.0. The number of anilines is 3. The van der Waals surface area contributed by atoms with Gasteiger partial charge in [0.25, 0.3) is 0 Å². The van der Waals surface area contributed by atoms with Gasteiger partial charge in [-0.15, -0.1) is 0 Å². The molecule has 0 radical (unpaired) electrons. The minimum absolute atomic E-state index is 0.0516. The molecular weight excluding hydrogens is 651 g/mol. The van der Waals surface area contributed by atoms with Crippen molar-refractivity contribution in [3.63, 3.8) is 0 Å². The molecular formula is C53H45N. The molecule has 0 aromatic heterocycles. The summed E-state index contributed by atoms with van der Waals surface area (Å²) in [7, 11) is 0. The van der Waals surface area contributed by atoms with Crippen molar-refractivity contribution >= 4 is 27.8 Å². The third-order valence-electron chi connectivity index (χ3n) is 11.4. The second kappa shape index (κ2) is 13.0. The Morgan fingerprint density at radius 3 is 1.76 bits per heavy atom. The van der Waals surface area contributed by atoms with E-state index in [1.54, 1.807) is 0 Å². The van der Waals surface area contributed by atoms with E-state index < -0.39 is 0 Å². The van der Waals surface area contributed by atoms with Crippen LogP contribution >= 0.6 is 0 Å². The number of para-hydroxylation sites is 1. The van der Waals surface area contributed by atoms with Gasteiger partial charge in [-0.05, 0) is 102 Å². The van der Waals surface area contributed by atoms with Gasteiger partial charge in [0.1, 0.15) is 0 Å². The lowest BCUT2D eigenvalue weighted by Gasteiger charge is -2.30. The van der Waals surface area contributed by atoms with Gasteiger partial charge in [0.05, 0.1) is 5.69 Å². The number of benzene rings is 8. The molecule has 0 saturated heterocycles. The predicted octanol–water partition coefficient (Wildman–Crippen LogP) is 14.9. The van der Waals surface area contributed by atoms with E-state index in [0.717, 1.165) is 17.1 Å². The molecule has 1 heteroatoms. The summed E-state index contributed by atoms with van der Waals surface area (Å²) < 4.78 is 0. The number of hydrogen-bond acceptors (Lipinski definition) is 1. The quantitative estimate of drug-likeness (QED) is 0.167. The first kappa shape index (κ1) is 33.6. The molecule has 0 saturated carbocycles. The maximum absolute atomic E-state index is 2.46. The molecule has 262 valence electrons. The molecule has 0 bridgehead atoms. The van der Waals surface area contributed by atoms with Crippen LogP contribution in [-0.4, -0.2) is 0 Å². The molecule has 9 rings (SSSR count). The van der Waals surface area contributed by atoms with Gasteiger partial charge in [-0.3, -0.25) is 0 Å². The van der Waals surface area contributed by atoms with Crippen molar-refractivity contribution in [3.05, 3.63) is 199 Å². The maximum atomic E-state index is 2.46. The summed E-state index contributed by atoms with van der Waals surface area (Å²) in [6.07, 6.45) is 0. The van der Waals surface area contributed by atoms with E-state index in [9.17, 15) is 0 Å². The van der Waals surface area contributed by atoms with Gasteiger partial charge in [0.2, 0.25) is 0 Å². The van der Waals surface area contributed by atoms with Crippen LogP contribution in [0.4, 0.5) is 17.1 Å². The van der Waals surface area contributed by atoms with E-state index >= 15 is 0 Å². The van der Waals surface area contributed by atoms with Crippen LogP contribution in [0.2, 0.25) is 0 Å². The topological polar surface area (TPSA) is 3.24 Å². The number of hydrogen-bond donors (Lipinski definition) is 0. The van der Waals surface area contributed by atoms with Crippen LogP contribution in [0.15, 0.2) is 182 Å². The van der Waals surface area contributed by atoms with Crippen LogP contribution in [0.1, 0.15) is 51.3 Å². The minimum Gasteiger partial charge on any atom is -0.310 e. The summed E-state index contributed by atoms with van der Waals surface area (Å²) in [5, 5.41) is 2.49. The number of rotatable bonds is 6. The molecule has 0 N–H and O–H groups in total. The molecule has 0 heterocycles. The Bertz CT molecular complexity index is 2650. The standard InChI is InChI=1S/C53H45N/c1-52(2,3)39-31-33-40(34-32-39)54(41-22-13-21-38(35-41)43-26-16-28-47-44-23-9-11-29-48(44)53(4,5)51(43)47)49-30-12-10-24-45(49)46-27-15-20-37-19-14-25-42(50(37)46)36-17-7-6-8-18-36/h6-35H,1-5H3. The van der Waals surface area contributed by atoms with E-state index in [1.807, 2.05) is 0 Å². The minimum atomic E-state index is -0.113. The van der Waals surface area contributed by atoms with Gasteiger partial charge in [-0.25, -0.2) is 0 Å². The largest absolute Gasteiger partial charge is 0.310 e. The van der Waals surface area contributed by atoms with Crippen LogP contribution in [0, 0.1) is 0 Å². The molecule has 0 spiro atoms. The summed E-state index contributed by atoms with van der Waals surface area (Å²) in [6.45, 7) is 11.6. The first-order valence-corrected chi connectivity index (χ1v) is 19.1. The fourth-order valence-corrected chi connectivity index (χ4v) is 8.76. The zero-order valence-electron chi connectivity index (χ0n) is 31.8. The van der Waals surface area contributed by atoms with Crippen molar-refractivity contribution < 1.29 is 0 Å². The van der Waals surface area contributed by atoms with E-state index in [4.69, 9.17) is 0 Å². The van der Waals surface area contributed by atoms with Crippen LogP contribution in [0.25, 0.3) is 55.3 Å². The molecule has 8 aromatic rings. The average Bonchev–Trinajstić information content (AvgIpc) is 3.44. The SMILES string of the molecule is CC(C)(C)c1ccc(N(c2cccc(-c3cccc4c3C(C)(C)c3ccccc3-4)c2)c2ccccc2-c2cccc3cccc(-c4ccccc4)c23)cc1. The molecule has 1 aliphatic carbocycles. The Kier molecular flexibility index (Phi) is 8.12. The van der Waals surface area contributed by atoms with Crippen LogP contribution in [0.3, 0.4) is 0 Å². The van der Waals surface area contributed by atoms with Crippen molar-refractivity contribution in [2.24, 2.45) is 0 Å². The lowest BCUT2D eigenvalue weighted by Crippen LogP contribution is -2.16. The molecule has 0 unspecified atom stereocenters. The van der Waals surface area contributed by atoms with Crippen molar-refractivity contribution in [2.75, 3.05) is 4.90 Å². The third-order valence-corrected chi connectivity index (χ3v) is 11.4. The molecule has 1 nitrogen and oxygen atoms in total. The third kappa shape index (κ3) is 5.63. The second-order valence-corrected chi connectivity index (χ2v) is 16.2. The Hall–Kier alpha value is -6.18. The van der Waals surface area contributed by atoms with Gasteiger partial charge < -0.3 is 4.90 Å². The molecule has 1 aliphatic rings. The summed E-state index contributed by atoms with van der Waals surface area (Å²) in [5.74, 6) is 0. The van der Waals surface area contributed by atoms with E-state index in [1.165, 1.54) is 72.0 Å². The Morgan fingerprint density at radius 1 is 0.426 bits per heavy atom. The molecule has 0 amide bonds. The first-order chi connectivity index (χ1) is 26.2. The van der Waals surface area contributed by atoms with Crippen molar-refractivity contribution in [3.8, 4) is 44.5 Å². The predicted molar refractivity (Wildman–Crippen MR) is 231 cm³/mol. The summed E-state index contributed by atoms with van der Waals surface area (Å²) >= 11 is 0. The lowest BCUT2D eigenvalue weighted by atomic mass is 9.79. The van der Waals surface area contributed by atoms with E-state index in [0.29, 0.717) is 0 Å². The maximum Gasteiger partial charge on any atom is 0.0540 e. The Labute approximate surface area is 320 Å². The van der Waals surface area contributed by atoms with Gasteiger partial charge in [0, 0.05) is 22.4 Å². The fourth-order valence-electron chi connectivity index (χ4n) is 8.76. The highest BCUT2D eigenvalue weighted by Crippen LogP contribution is 2.53. The Balaban J connectivity index is 1.26. The molecule has 8 aromatic carbocycles. The molecule has 0 fully saturated rings. The summed E-state index contributed by atoms with van der Waals surface area (Å²) in [4.78, 5) is 2.46. The van der Waals surface area contributed by atoms with Gasteiger partial charge in [-0.1, -0.05) is 186 Å². The van der Waals surface area contributed by atoms with E-state index in [-0.39, 0.29) is 10.8 Å². The van der Waals surface area contributed by atoms with Crippen LogP contribution < -0.4 is 4.90 Å². The fraction of sp³-hybridized carbons (Fsp3) is 0.132. The van der Waals surface area contributed by atoms with Crippen LogP contribution in [-0.2, 0) is 10.8 Å². The second-order valence-electron chi connectivity index (χ2n) is 16.2. The van der Waals surface area contributed by atoms with E-state index in [2.05, 4.69) is 222 Å². The monoisotopic (exact) mass is 695 g/mol. The highest BCUT2D eigenvalue weighted by Gasteiger charge is 2.37.